The van der Waals surface area contributed by atoms with Crippen LogP contribution in [0.1, 0.15) is 60.8 Å². The molecule has 0 heterocycles. The van der Waals surface area contributed by atoms with Crippen LogP contribution in [0.2, 0.25) is 0 Å². The van der Waals surface area contributed by atoms with E-state index in [4.69, 9.17) is 5.84 Å². The summed E-state index contributed by atoms with van der Waals surface area (Å²) in [5.74, 6) is 5.81. The molecule has 0 aliphatic carbocycles. The molecule has 0 saturated heterocycles. The van der Waals surface area contributed by atoms with Gasteiger partial charge in [0, 0.05) is 28.7 Å². The molecule has 0 fully saturated rings. The fourth-order valence-electron chi connectivity index (χ4n) is 2.84. The summed E-state index contributed by atoms with van der Waals surface area (Å²) in [5.41, 5.74) is 4.67. The van der Waals surface area contributed by atoms with Crippen molar-refractivity contribution in [1.82, 2.24) is 16.1 Å². The zero-order valence-corrected chi connectivity index (χ0v) is 15.3. The van der Waals surface area contributed by atoms with Gasteiger partial charge in [-0.2, -0.15) is 0 Å². The van der Waals surface area contributed by atoms with E-state index >= 15 is 0 Å². The molecule has 0 amide bonds. The maximum Gasteiger partial charge on any atom is 0.0337 e. The van der Waals surface area contributed by atoms with Crippen LogP contribution in [0.4, 0.5) is 0 Å². The third-order valence-electron chi connectivity index (χ3n) is 3.39. The molecule has 128 valence electrons. The summed E-state index contributed by atoms with van der Waals surface area (Å²) in [4.78, 5) is 0. The van der Waals surface area contributed by atoms with Crippen LogP contribution in [0.5, 0.6) is 0 Å². The average molecular weight is 309 g/mol. The van der Waals surface area contributed by atoms with Crippen molar-refractivity contribution in [2.45, 2.75) is 71.9 Å². The van der Waals surface area contributed by atoms with Crippen molar-refractivity contribution < 1.29 is 0 Å². The van der Waals surface area contributed by atoms with E-state index in [2.05, 4.69) is 70.8 Å². The third-order valence-corrected chi connectivity index (χ3v) is 3.39. The average Bonchev–Trinajstić information content (AvgIpc) is 2.33. The highest BCUT2D eigenvalue weighted by Crippen LogP contribution is 2.24. The van der Waals surface area contributed by atoms with E-state index < -0.39 is 0 Å². The molecule has 0 atom stereocenters. The Balaban J connectivity index is 4.75. The van der Waals surface area contributed by atoms with Crippen LogP contribution < -0.4 is 21.9 Å². The lowest BCUT2D eigenvalue weighted by Crippen LogP contribution is -2.50. The Bertz CT molecular complexity index is 392. The lowest BCUT2D eigenvalue weighted by Gasteiger charge is -2.39. The van der Waals surface area contributed by atoms with Crippen LogP contribution in [-0.2, 0) is 0 Å². The Kier molecular flexibility index (Phi) is 8.31. The minimum atomic E-state index is -0.0673. The number of hydrogen-bond acceptors (Lipinski definition) is 4. The first kappa shape index (κ1) is 20.6. The second kappa shape index (κ2) is 8.89. The Labute approximate surface area is 137 Å². The molecule has 4 nitrogen and oxygen atoms in total. The predicted molar refractivity (Wildman–Crippen MR) is 97.9 cm³/mol. The monoisotopic (exact) mass is 308 g/mol. The zero-order chi connectivity index (χ0) is 17.4. The third kappa shape index (κ3) is 8.78. The van der Waals surface area contributed by atoms with Gasteiger partial charge in [0.2, 0.25) is 0 Å². The highest BCUT2D eigenvalue weighted by molar-refractivity contribution is 5.08. The predicted octanol–water partition coefficient (Wildman–Crippen LogP) is 3.55. The molecule has 0 bridgehead atoms. The van der Waals surface area contributed by atoms with Crippen molar-refractivity contribution in [3.63, 3.8) is 0 Å². The standard InChI is InChI=1S/C18H36N4/c1-9-10-11-15(4)21-17(5,6)13-18(7,8)22-16(12-20-19)14(2)3/h9,12,14,20-22H,1,4,10-11,13,19H2,2-3,5-8H3/b16-12-. The number of rotatable bonds is 11. The van der Waals surface area contributed by atoms with E-state index in [0.717, 1.165) is 30.7 Å². The molecule has 0 rings (SSSR count). The van der Waals surface area contributed by atoms with Gasteiger partial charge in [-0.25, -0.2) is 0 Å². The van der Waals surface area contributed by atoms with Gasteiger partial charge in [-0.05, 0) is 52.9 Å². The Morgan fingerprint density at radius 1 is 1.14 bits per heavy atom. The van der Waals surface area contributed by atoms with E-state index in [1.165, 1.54) is 0 Å². The van der Waals surface area contributed by atoms with Crippen molar-refractivity contribution >= 4 is 0 Å². The van der Waals surface area contributed by atoms with Gasteiger partial charge in [0.1, 0.15) is 0 Å². The van der Waals surface area contributed by atoms with E-state index in [1.54, 1.807) is 0 Å². The Morgan fingerprint density at radius 2 is 1.68 bits per heavy atom. The van der Waals surface area contributed by atoms with Crippen molar-refractivity contribution in [3.8, 4) is 0 Å². The molecule has 0 aliphatic heterocycles. The minimum Gasteiger partial charge on any atom is -0.384 e. The minimum absolute atomic E-state index is 0.0486. The molecule has 0 aromatic rings. The van der Waals surface area contributed by atoms with Gasteiger partial charge in [-0.15, -0.1) is 6.58 Å². The van der Waals surface area contributed by atoms with Crippen LogP contribution in [-0.4, -0.2) is 11.1 Å². The summed E-state index contributed by atoms with van der Waals surface area (Å²) >= 11 is 0. The fraction of sp³-hybridized carbons (Fsp3) is 0.667. The molecular formula is C18H36N4. The highest BCUT2D eigenvalue weighted by atomic mass is 15.2. The molecule has 0 unspecified atom stereocenters. The van der Waals surface area contributed by atoms with Crippen molar-refractivity contribution in [2.24, 2.45) is 11.8 Å². The molecule has 4 heteroatoms. The summed E-state index contributed by atoms with van der Waals surface area (Å²) in [5, 5.41) is 7.14. The zero-order valence-electron chi connectivity index (χ0n) is 15.3. The molecule has 0 spiro atoms. The quantitative estimate of drug-likeness (QED) is 0.268. The Hall–Kier alpha value is -1.42. The van der Waals surface area contributed by atoms with Gasteiger partial charge >= 0.3 is 0 Å². The summed E-state index contributed by atoms with van der Waals surface area (Å²) < 4.78 is 0. The van der Waals surface area contributed by atoms with Crippen molar-refractivity contribution in [2.75, 3.05) is 0 Å². The molecule has 5 N–H and O–H groups in total. The van der Waals surface area contributed by atoms with E-state index in [1.807, 2.05) is 12.3 Å². The normalized spacial score (nSPS) is 13.0. The first-order chi connectivity index (χ1) is 10.0. The molecule has 22 heavy (non-hydrogen) atoms. The number of hydrogen-bond donors (Lipinski definition) is 4. The first-order valence-electron chi connectivity index (χ1n) is 8.04. The second-order valence-corrected chi connectivity index (χ2v) is 7.55. The maximum atomic E-state index is 5.43. The van der Waals surface area contributed by atoms with E-state index in [-0.39, 0.29) is 11.1 Å². The fourth-order valence-corrected chi connectivity index (χ4v) is 2.84. The van der Waals surface area contributed by atoms with Crippen molar-refractivity contribution in [1.29, 1.82) is 0 Å². The van der Waals surface area contributed by atoms with Gasteiger partial charge in [0.25, 0.3) is 0 Å². The van der Waals surface area contributed by atoms with Gasteiger partial charge in [0.05, 0.1) is 0 Å². The number of nitrogens with two attached hydrogens (primary N) is 1. The number of nitrogens with one attached hydrogen (secondary N) is 3. The van der Waals surface area contributed by atoms with Crippen LogP contribution >= 0.6 is 0 Å². The highest BCUT2D eigenvalue weighted by Gasteiger charge is 2.29. The molecular weight excluding hydrogens is 272 g/mol. The number of allylic oxidation sites excluding steroid dienone is 3. The summed E-state index contributed by atoms with van der Waals surface area (Å²) in [7, 11) is 0. The van der Waals surface area contributed by atoms with Gasteiger partial charge in [0.15, 0.2) is 0 Å². The van der Waals surface area contributed by atoms with E-state index in [9.17, 15) is 0 Å². The van der Waals surface area contributed by atoms with Gasteiger partial charge in [-0.1, -0.05) is 26.5 Å². The van der Waals surface area contributed by atoms with Crippen LogP contribution in [0.25, 0.3) is 0 Å². The lowest BCUT2D eigenvalue weighted by molar-refractivity contribution is 0.270. The van der Waals surface area contributed by atoms with Gasteiger partial charge < -0.3 is 16.1 Å². The topological polar surface area (TPSA) is 62.1 Å². The van der Waals surface area contributed by atoms with Crippen molar-refractivity contribution in [3.05, 3.63) is 36.8 Å². The summed E-state index contributed by atoms with van der Waals surface area (Å²) in [6.45, 7) is 21.0. The smallest absolute Gasteiger partial charge is 0.0337 e. The molecule has 0 aliphatic rings. The second-order valence-electron chi connectivity index (χ2n) is 7.55. The van der Waals surface area contributed by atoms with Crippen LogP contribution in [0, 0.1) is 5.92 Å². The lowest BCUT2D eigenvalue weighted by atomic mass is 9.86. The SMILES string of the molecule is C=CCCC(=C)NC(C)(C)CC(C)(C)N/C(=C\NN)C(C)C. The summed E-state index contributed by atoms with van der Waals surface area (Å²) in [6, 6.07) is 0. The summed E-state index contributed by atoms with van der Waals surface area (Å²) in [6.07, 6.45) is 6.57. The number of hydrazine groups is 1. The molecule has 0 radical (unpaired) electrons. The first-order valence-corrected chi connectivity index (χ1v) is 8.04. The Morgan fingerprint density at radius 3 is 2.14 bits per heavy atom. The molecule has 0 aromatic heterocycles. The maximum absolute atomic E-state index is 5.43. The van der Waals surface area contributed by atoms with Crippen LogP contribution in [0.15, 0.2) is 36.8 Å². The van der Waals surface area contributed by atoms with Gasteiger partial charge in [-0.3, -0.25) is 5.84 Å². The molecule has 0 saturated carbocycles. The molecule has 0 aromatic carbocycles. The largest absolute Gasteiger partial charge is 0.384 e. The van der Waals surface area contributed by atoms with Crippen LogP contribution in [0.3, 0.4) is 0 Å². The van der Waals surface area contributed by atoms with E-state index in [0.29, 0.717) is 5.92 Å².